The molecule has 19 heavy (non-hydrogen) atoms. The van der Waals surface area contributed by atoms with Crippen LogP contribution in [0.4, 0.5) is 5.69 Å². The second-order valence-corrected chi connectivity index (χ2v) is 7.26. The standard InChI is InChI=1S/C12H10BrClN2O2S/c13-9-3-8(5-16-6-9)7-19(17,18)12-2-1-10(14)4-11(12)15/h1-6H,7,15H2. The molecule has 0 aliphatic heterocycles. The minimum Gasteiger partial charge on any atom is -0.398 e. The van der Waals surface area contributed by atoms with Crippen molar-refractivity contribution >= 4 is 43.1 Å². The van der Waals surface area contributed by atoms with Crippen molar-refractivity contribution < 1.29 is 8.42 Å². The van der Waals surface area contributed by atoms with Gasteiger partial charge in [-0.2, -0.15) is 0 Å². The highest BCUT2D eigenvalue weighted by Gasteiger charge is 2.18. The van der Waals surface area contributed by atoms with Gasteiger partial charge in [-0.1, -0.05) is 11.6 Å². The van der Waals surface area contributed by atoms with Gasteiger partial charge in [-0.3, -0.25) is 4.98 Å². The van der Waals surface area contributed by atoms with E-state index in [1.54, 1.807) is 12.3 Å². The Bertz CT molecular complexity index is 719. The topological polar surface area (TPSA) is 73.1 Å². The molecule has 0 fully saturated rings. The van der Waals surface area contributed by atoms with Crippen molar-refractivity contribution in [2.24, 2.45) is 0 Å². The summed E-state index contributed by atoms with van der Waals surface area (Å²) < 4.78 is 25.3. The Morgan fingerprint density at radius 1 is 1.26 bits per heavy atom. The van der Waals surface area contributed by atoms with Gasteiger partial charge in [0.2, 0.25) is 0 Å². The lowest BCUT2D eigenvalue weighted by Crippen LogP contribution is -2.08. The highest BCUT2D eigenvalue weighted by atomic mass is 79.9. The molecule has 0 aliphatic carbocycles. The average molecular weight is 362 g/mol. The van der Waals surface area contributed by atoms with Gasteiger partial charge in [-0.05, 0) is 45.8 Å². The highest BCUT2D eigenvalue weighted by molar-refractivity contribution is 9.10. The fourth-order valence-electron chi connectivity index (χ4n) is 1.63. The van der Waals surface area contributed by atoms with Crippen LogP contribution in [0.2, 0.25) is 5.02 Å². The van der Waals surface area contributed by atoms with Gasteiger partial charge in [-0.25, -0.2) is 8.42 Å². The van der Waals surface area contributed by atoms with E-state index in [0.29, 0.717) is 10.6 Å². The zero-order valence-corrected chi connectivity index (χ0v) is 12.8. The van der Waals surface area contributed by atoms with E-state index < -0.39 is 9.84 Å². The molecule has 0 unspecified atom stereocenters. The summed E-state index contributed by atoms with van der Waals surface area (Å²) in [6, 6.07) is 6.05. The summed E-state index contributed by atoms with van der Waals surface area (Å²) in [4.78, 5) is 4.02. The number of anilines is 1. The molecule has 0 amide bonds. The zero-order chi connectivity index (χ0) is 14.0. The predicted octanol–water partition coefficient (Wildman–Crippen LogP) is 3.05. The van der Waals surface area contributed by atoms with Gasteiger partial charge in [0.15, 0.2) is 9.84 Å². The number of pyridine rings is 1. The number of nitrogens with two attached hydrogens (primary N) is 1. The van der Waals surface area contributed by atoms with Crippen molar-refractivity contribution in [2.75, 3.05) is 5.73 Å². The number of benzene rings is 1. The second kappa shape index (κ2) is 5.48. The molecule has 2 N–H and O–H groups in total. The molecular formula is C12H10BrClN2O2S. The van der Waals surface area contributed by atoms with Gasteiger partial charge in [-0.15, -0.1) is 0 Å². The minimum atomic E-state index is -3.52. The average Bonchev–Trinajstić information content (AvgIpc) is 2.27. The molecule has 4 nitrogen and oxygen atoms in total. The molecule has 0 radical (unpaired) electrons. The third kappa shape index (κ3) is 3.46. The molecule has 0 spiro atoms. The quantitative estimate of drug-likeness (QED) is 0.853. The van der Waals surface area contributed by atoms with Crippen LogP contribution in [0, 0.1) is 0 Å². The van der Waals surface area contributed by atoms with Crippen molar-refractivity contribution in [1.29, 1.82) is 0 Å². The van der Waals surface area contributed by atoms with Crippen molar-refractivity contribution in [2.45, 2.75) is 10.6 Å². The highest BCUT2D eigenvalue weighted by Crippen LogP contribution is 2.25. The van der Waals surface area contributed by atoms with E-state index >= 15 is 0 Å². The molecule has 0 bridgehead atoms. The van der Waals surface area contributed by atoms with E-state index in [1.807, 2.05) is 0 Å². The molecule has 1 heterocycles. The Kier molecular flexibility index (Phi) is 4.13. The van der Waals surface area contributed by atoms with E-state index in [2.05, 4.69) is 20.9 Å². The molecule has 2 aromatic rings. The van der Waals surface area contributed by atoms with E-state index in [-0.39, 0.29) is 16.3 Å². The number of nitrogens with zero attached hydrogens (tertiary/aromatic N) is 1. The number of nitrogen functional groups attached to an aromatic ring is 1. The van der Waals surface area contributed by atoms with Gasteiger partial charge < -0.3 is 5.73 Å². The molecule has 7 heteroatoms. The first kappa shape index (κ1) is 14.3. The SMILES string of the molecule is Nc1cc(Cl)ccc1S(=O)(=O)Cc1cncc(Br)c1. The van der Waals surface area contributed by atoms with Crippen LogP contribution >= 0.6 is 27.5 Å². The minimum absolute atomic E-state index is 0.0804. The molecule has 0 atom stereocenters. The van der Waals surface area contributed by atoms with Gasteiger partial charge in [0.25, 0.3) is 0 Å². The maximum Gasteiger partial charge on any atom is 0.184 e. The molecule has 0 saturated carbocycles. The fourth-order valence-corrected chi connectivity index (χ4v) is 3.67. The summed E-state index contributed by atoms with van der Waals surface area (Å²) in [6.45, 7) is 0. The largest absolute Gasteiger partial charge is 0.398 e. The maximum atomic E-state index is 12.3. The van der Waals surface area contributed by atoms with E-state index in [1.165, 1.54) is 24.4 Å². The van der Waals surface area contributed by atoms with Gasteiger partial charge >= 0.3 is 0 Å². The lowest BCUT2D eigenvalue weighted by Gasteiger charge is -2.08. The summed E-state index contributed by atoms with van der Waals surface area (Å²) in [5.74, 6) is -0.161. The van der Waals surface area contributed by atoms with Crippen LogP contribution in [-0.2, 0) is 15.6 Å². The van der Waals surface area contributed by atoms with Crippen molar-refractivity contribution in [3.63, 3.8) is 0 Å². The van der Waals surface area contributed by atoms with Crippen LogP contribution in [0.15, 0.2) is 46.0 Å². The second-order valence-electron chi connectivity index (χ2n) is 3.95. The number of sulfone groups is 1. The van der Waals surface area contributed by atoms with Crippen LogP contribution in [0.1, 0.15) is 5.56 Å². The van der Waals surface area contributed by atoms with E-state index in [0.717, 1.165) is 4.47 Å². The van der Waals surface area contributed by atoms with Crippen molar-refractivity contribution in [3.05, 3.63) is 51.7 Å². The van der Waals surface area contributed by atoms with Crippen LogP contribution in [0.3, 0.4) is 0 Å². The normalized spacial score (nSPS) is 11.5. The number of halogens is 2. The van der Waals surface area contributed by atoms with Crippen molar-refractivity contribution in [3.8, 4) is 0 Å². The summed E-state index contributed by atoms with van der Waals surface area (Å²) >= 11 is 9.01. The summed E-state index contributed by atoms with van der Waals surface area (Å²) in [7, 11) is -3.52. The molecule has 1 aromatic heterocycles. The van der Waals surface area contributed by atoms with Crippen LogP contribution in [0.25, 0.3) is 0 Å². The number of rotatable bonds is 3. The van der Waals surface area contributed by atoms with Crippen LogP contribution in [0.5, 0.6) is 0 Å². The Morgan fingerprint density at radius 2 is 2.00 bits per heavy atom. The van der Waals surface area contributed by atoms with Crippen LogP contribution < -0.4 is 5.73 Å². The lowest BCUT2D eigenvalue weighted by atomic mass is 10.3. The van der Waals surface area contributed by atoms with Crippen LogP contribution in [-0.4, -0.2) is 13.4 Å². The lowest BCUT2D eigenvalue weighted by molar-refractivity contribution is 0.595. The Labute approximate surface area is 124 Å². The smallest absolute Gasteiger partial charge is 0.184 e. The van der Waals surface area contributed by atoms with Gasteiger partial charge in [0, 0.05) is 21.9 Å². The first-order valence-corrected chi connectivity index (χ1v) is 8.08. The number of hydrogen-bond acceptors (Lipinski definition) is 4. The monoisotopic (exact) mass is 360 g/mol. The first-order valence-electron chi connectivity index (χ1n) is 5.26. The number of hydrogen-bond donors (Lipinski definition) is 1. The first-order chi connectivity index (χ1) is 8.88. The molecule has 0 saturated heterocycles. The molecule has 100 valence electrons. The van der Waals surface area contributed by atoms with E-state index in [4.69, 9.17) is 17.3 Å². The Hall–Kier alpha value is -1.11. The van der Waals surface area contributed by atoms with E-state index in [9.17, 15) is 8.42 Å². The maximum absolute atomic E-state index is 12.3. The summed E-state index contributed by atoms with van der Waals surface area (Å²) in [5.41, 5.74) is 6.44. The zero-order valence-electron chi connectivity index (χ0n) is 9.68. The molecular weight excluding hydrogens is 352 g/mol. The van der Waals surface area contributed by atoms with Crippen molar-refractivity contribution in [1.82, 2.24) is 4.98 Å². The molecule has 0 aliphatic rings. The summed E-state index contributed by atoms with van der Waals surface area (Å²) in [6.07, 6.45) is 3.10. The Balaban J connectivity index is 2.38. The number of aromatic nitrogens is 1. The molecule has 2 rings (SSSR count). The third-order valence-electron chi connectivity index (χ3n) is 2.43. The fraction of sp³-hybridized carbons (Fsp3) is 0.0833. The van der Waals surface area contributed by atoms with Gasteiger partial charge in [0.05, 0.1) is 16.3 Å². The van der Waals surface area contributed by atoms with Gasteiger partial charge in [0.1, 0.15) is 0 Å². The summed E-state index contributed by atoms with van der Waals surface area (Å²) in [5, 5.41) is 0.403. The third-order valence-corrected chi connectivity index (χ3v) is 4.85. The molecule has 1 aromatic carbocycles. The Morgan fingerprint density at radius 3 is 2.63 bits per heavy atom. The predicted molar refractivity (Wildman–Crippen MR) is 78.7 cm³/mol.